The van der Waals surface area contributed by atoms with Crippen LogP contribution in [0.2, 0.25) is 0 Å². The van der Waals surface area contributed by atoms with Gasteiger partial charge in [-0.1, -0.05) is 12.6 Å². The molecule has 0 radical (unpaired) electrons. The molecule has 2 saturated heterocycles. The van der Waals surface area contributed by atoms with E-state index < -0.39 is 5.41 Å². The smallest absolute Gasteiger partial charge is 0.318 e. The molecule has 0 bridgehead atoms. The first-order valence-electron chi connectivity index (χ1n) is 15.1. The lowest BCUT2D eigenvalue weighted by molar-refractivity contribution is -0.128. The number of aromatic nitrogens is 2. The Labute approximate surface area is 251 Å². The second-order valence-electron chi connectivity index (χ2n) is 12.2. The molecule has 4 aliphatic rings. The van der Waals surface area contributed by atoms with Gasteiger partial charge in [0.1, 0.15) is 18.1 Å². The lowest BCUT2D eigenvalue weighted by atomic mass is 9.64. The van der Waals surface area contributed by atoms with Crippen LogP contribution in [0.5, 0.6) is 6.01 Å². The fraction of sp³-hybridized carbons (Fsp3) is 0.531. The maximum atomic E-state index is 14.5. The first kappa shape index (κ1) is 29.1. The second kappa shape index (κ2) is 11.6. The number of hydrogen-bond acceptors (Lipinski definition) is 8. The molecular weight excluding hydrogens is 549 g/mol. The summed E-state index contributed by atoms with van der Waals surface area (Å²) in [5.41, 5.74) is 2.70. The number of hydrogen-bond donors (Lipinski definition) is 1. The van der Waals surface area contributed by atoms with Gasteiger partial charge in [0.2, 0.25) is 11.8 Å². The van der Waals surface area contributed by atoms with E-state index in [-0.39, 0.29) is 42.1 Å². The van der Waals surface area contributed by atoms with Crippen LogP contribution in [0.3, 0.4) is 0 Å². The summed E-state index contributed by atoms with van der Waals surface area (Å²) >= 11 is 0. The van der Waals surface area contributed by atoms with Crippen LogP contribution in [0.4, 0.5) is 15.9 Å². The van der Waals surface area contributed by atoms with Crippen molar-refractivity contribution in [1.82, 2.24) is 19.8 Å². The van der Waals surface area contributed by atoms with E-state index in [1.807, 2.05) is 4.90 Å². The summed E-state index contributed by atoms with van der Waals surface area (Å²) in [6.07, 6.45) is 6.05. The Morgan fingerprint density at radius 2 is 2.12 bits per heavy atom. The van der Waals surface area contributed by atoms with Crippen LogP contribution < -0.4 is 15.0 Å². The van der Waals surface area contributed by atoms with E-state index in [1.54, 1.807) is 17.9 Å². The highest BCUT2D eigenvalue weighted by Crippen LogP contribution is 2.47. The largest absolute Gasteiger partial charge is 0.462 e. The van der Waals surface area contributed by atoms with Gasteiger partial charge in [-0.2, -0.15) is 15.2 Å². The summed E-state index contributed by atoms with van der Waals surface area (Å²) < 4.78 is 20.8. The molecule has 10 nitrogen and oxygen atoms in total. The zero-order valence-electron chi connectivity index (χ0n) is 24.9. The van der Waals surface area contributed by atoms with Gasteiger partial charge in [0.15, 0.2) is 5.82 Å². The normalized spacial score (nSPS) is 25.1. The van der Waals surface area contributed by atoms with E-state index in [4.69, 9.17) is 14.7 Å². The van der Waals surface area contributed by atoms with Crippen molar-refractivity contribution in [3.63, 3.8) is 0 Å². The number of carbonyl (C=O) groups is 2. The number of carbonyl (C=O) groups excluding carboxylic acids is 2. The Morgan fingerprint density at radius 3 is 2.86 bits per heavy atom. The molecule has 226 valence electrons. The lowest BCUT2D eigenvalue weighted by Crippen LogP contribution is -2.55. The lowest BCUT2D eigenvalue weighted by Gasteiger charge is -2.44. The first-order valence-corrected chi connectivity index (χ1v) is 15.1. The van der Waals surface area contributed by atoms with Crippen LogP contribution in [-0.4, -0.2) is 83.5 Å². The number of amides is 2. The number of nitriles is 1. The van der Waals surface area contributed by atoms with Crippen LogP contribution in [0, 0.1) is 24.1 Å². The van der Waals surface area contributed by atoms with Crippen molar-refractivity contribution in [3.8, 4) is 12.1 Å². The van der Waals surface area contributed by atoms with Gasteiger partial charge in [0, 0.05) is 32.1 Å². The highest BCUT2D eigenvalue weighted by Gasteiger charge is 2.49. The van der Waals surface area contributed by atoms with Gasteiger partial charge in [0.05, 0.1) is 29.6 Å². The van der Waals surface area contributed by atoms with Gasteiger partial charge in [-0.15, -0.1) is 0 Å². The van der Waals surface area contributed by atoms with E-state index >= 15 is 0 Å². The number of fused-ring (bicyclic) bond motifs is 3. The molecule has 1 N–H and O–H groups in total. The average Bonchev–Trinajstić information content (AvgIpc) is 3.42. The van der Waals surface area contributed by atoms with Crippen LogP contribution in [-0.2, 0) is 27.8 Å². The summed E-state index contributed by atoms with van der Waals surface area (Å²) in [4.78, 5) is 42.2. The van der Waals surface area contributed by atoms with Crippen LogP contribution in [0.15, 0.2) is 24.8 Å². The fourth-order valence-corrected chi connectivity index (χ4v) is 7.34. The Kier molecular flexibility index (Phi) is 7.81. The number of likely N-dealkylation sites (tertiary alicyclic amines) is 1. The molecule has 2 aromatic rings. The second-order valence-corrected chi connectivity index (χ2v) is 12.2. The highest BCUT2D eigenvalue weighted by molar-refractivity contribution is 6.04. The van der Waals surface area contributed by atoms with E-state index in [2.05, 4.69) is 29.9 Å². The number of ether oxygens (including phenoxy) is 1. The molecule has 3 atom stereocenters. The molecule has 1 spiro atoms. The van der Waals surface area contributed by atoms with Gasteiger partial charge in [-0.25, -0.2) is 4.39 Å². The first-order chi connectivity index (χ1) is 20.8. The Morgan fingerprint density at radius 1 is 1.28 bits per heavy atom. The van der Waals surface area contributed by atoms with E-state index in [9.17, 15) is 19.2 Å². The van der Waals surface area contributed by atoms with Crippen LogP contribution >= 0.6 is 0 Å². The predicted octanol–water partition coefficient (Wildman–Crippen LogP) is 3.28. The topological polar surface area (TPSA) is 115 Å². The zero-order chi connectivity index (χ0) is 30.3. The molecule has 11 heteroatoms. The molecule has 1 aromatic carbocycles. The third-order valence-corrected chi connectivity index (χ3v) is 9.81. The molecule has 4 heterocycles. The quantitative estimate of drug-likeness (QED) is 0.513. The molecule has 2 amide bonds. The molecular formula is C32H38FN7O3. The van der Waals surface area contributed by atoms with Crippen molar-refractivity contribution in [2.45, 2.75) is 69.4 Å². The minimum Gasteiger partial charge on any atom is -0.462 e. The summed E-state index contributed by atoms with van der Waals surface area (Å²) in [6, 6.07) is 5.57. The number of piperazine rings is 1. The standard InChI is InChI=1S/C32H38FN7O3/c1-4-27(41)40-16-15-39(18-21(40)11-13-34)29-28-26(35-31(37-29)43-19-22-7-6-14-38(22)3)17-32(30(42)36-28)12-5-8-23-20(2)25(33)10-9-24(23)32/h4,9-10,21-22H,1,5-8,11-12,14-19H2,2-3H3,(H,36,42)/t21-,22-,32?/m0/s1. The van der Waals surface area contributed by atoms with Crippen LogP contribution in [0.25, 0.3) is 0 Å². The maximum absolute atomic E-state index is 14.5. The minimum absolute atomic E-state index is 0.146. The number of anilines is 2. The Balaban J connectivity index is 1.39. The minimum atomic E-state index is -0.869. The predicted molar refractivity (Wildman–Crippen MR) is 159 cm³/mol. The van der Waals surface area contributed by atoms with Crippen molar-refractivity contribution in [1.29, 1.82) is 5.26 Å². The van der Waals surface area contributed by atoms with E-state index in [0.717, 1.165) is 43.4 Å². The zero-order valence-corrected chi connectivity index (χ0v) is 24.9. The summed E-state index contributed by atoms with van der Waals surface area (Å²) in [6.45, 7) is 8.07. The molecule has 0 saturated carbocycles. The fourth-order valence-electron chi connectivity index (χ4n) is 7.34. The number of nitrogens with one attached hydrogen (secondary N) is 1. The maximum Gasteiger partial charge on any atom is 0.318 e. The van der Waals surface area contributed by atoms with Crippen molar-refractivity contribution < 1.29 is 18.7 Å². The Hall–Kier alpha value is -4.04. The number of halogens is 1. The molecule has 1 aromatic heterocycles. The summed E-state index contributed by atoms with van der Waals surface area (Å²) in [5.74, 6) is -0.0899. The monoisotopic (exact) mass is 587 g/mol. The average molecular weight is 588 g/mol. The van der Waals surface area contributed by atoms with Gasteiger partial charge >= 0.3 is 6.01 Å². The van der Waals surface area contributed by atoms with Crippen molar-refractivity contribution in [2.24, 2.45) is 0 Å². The Bertz CT molecular complexity index is 1510. The summed E-state index contributed by atoms with van der Waals surface area (Å²) in [5, 5.41) is 12.7. The third-order valence-electron chi connectivity index (χ3n) is 9.81. The van der Waals surface area contributed by atoms with Gasteiger partial charge in [0.25, 0.3) is 0 Å². The molecule has 3 aliphatic heterocycles. The van der Waals surface area contributed by atoms with Crippen molar-refractivity contribution in [2.75, 3.05) is 50.1 Å². The van der Waals surface area contributed by atoms with Gasteiger partial charge < -0.3 is 24.8 Å². The number of benzene rings is 1. The van der Waals surface area contributed by atoms with E-state index in [0.29, 0.717) is 61.8 Å². The van der Waals surface area contributed by atoms with Gasteiger partial charge in [-0.3, -0.25) is 9.59 Å². The summed E-state index contributed by atoms with van der Waals surface area (Å²) in [7, 11) is 2.09. The van der Waals surface area contributed by atoms with Crippen LogP contribution in [0.1, 0.15) is 54.5 Å². The van der Waals surface area contributed by atoms with Gasteiger partial charge in [-0.05, 0) is 81.5 Å². The number of likely N-dealkylation sites (N-methyl/N-ethyl adjacent to an activating group) is 1. The molecule has 2 fully saturated rings. The van der Waals surface area contributed by atoms with Crippen molar-refractivity contribution in [3.05, 3.63) is 53.0 Å². The molecule has 6 rings (SSSR count). The van der Waals surface area contributed by atoms with E-state index in [1.165, 1.54) is 12.1 Å². The highest BCUT2D eigenvalue weighted by atomic mass is 19.1. The molecule has 1 unspecified atom stereocenters. The number of rotatable bonds is 6. The third kappa shape index (κ3) is 5.12. The van der Waals surface area contributed by atoms with Crippen molar-refractivity contribution >= 4 is 23.3 Å². The molecule has 1 aliphatic carbocycles. The SMILES string of the molecule is C=CC(=O)N1CCN(c2nc(OC[C@@H]3CCCN3C)nc3c2NC(=O)C2(CCCc4c2ccc(F)c4C)C3)C[C@@H]1CC#N. The number of nitrogens with zero attached hydrogens (tertiary/aromatic N) is 6. The molecule has 43 heavy (non-hydrogen) atoms.